The van der Waals surface area contributed by atoms with Gasteiger partial charge in [-0.2, -0.15) is 0 Å². The average molecular weight is 358 g/mol. The number of aliphatic hydroxyl groups is 1. The molecule has 1 N–H and O–H groups in total. The predicted octanol–water partition coefficient (Wildman–Crippen LogP) is 3.00. The number of hydrogen-bond acceptors (Lipinski definition) is 4. The molecule has 1 atom stereocenters. The van der Waals surface area contributed by atoms with Crippen LogP contribution in [0.1, 0.15) is 11.1 Å². The van der Waals surface area contributed by atoms with Gasteiger partial charge in [-0.05, 0) is 49.2 Å². The van der Waals surface area contributed by atoms with E-state index in [2.05, 4.69) is 9.80 Å². The number of benzene rings is 2. The Morgan fingerprint density at radius 1 is 1.00 bits per heavy atom. The molecule has 0 saturated carbocycles. The molecular weight excluding hydrogens is 331 g/mol. The minimum absolute atomic E-state index is 0.209. The van der Waals surface area contributed by atoms with Crippen molar-refractivity contribution in [2.24, 2.45) is 0 Å². The molecule has 1 fully saturated rings. The highest BCUT2D eigenvalue weighted by Gasteiger charge is 2.20. The molecule has 2 aromatic rings. The van der Waals surface area contributed by atoms with E-state index in [-0.39, 0.29) is 5.82 Å². The Balaban J connectivity index is 1.44. The summed E-state index contributed by atoms with van der Waals surface area (Å²) in [6, 6.07) is 12.7. The maximum Gasteiger partial charge on any atom is 0.125 e. The number of piperazine rings is 1. The number of para-hydroxylation sites is 1. The standard InChI is InChI=1S/C21H27FN2O2/c1-16-4-3-5-17(2)21(16)26-15-20(25)14-23-10-12-24(13-11-23)19-8-6-18(22)7-9-19/h3-9,20,25H,10-15H2,1-2H3/t20-/m0/s1. The minimum Gasteiger partial charge on any atom is -0.490 e. The van der Waals surface area contributed by atoms with Crippen LogP contribution in [0.4, 0.5) is 10.1 Å². The van der Waals surface area contributed by atoms with Gasteiger partial charge in [0.15, 0.2) is 0 Å². The van der Waals surface area contributed by atoms with Gasteiger partial charge in [-0.15, -0.1) is 0 Å². The first-order valence-corrected chi connectivity index (χ1v) is 9.13. The monoisotopic (exact) mass is 358 g/mol. The lowest BCUT2D eigenvalue weighted by Crippen LogP contribution is -2.49. The molecule has 0 amide bonds. The number of aliphatic hydroxyl groups excluding tert-OH is 1. The summed E-state index contributed by atoms with van der Waals surface area (Å²) in [4.78, 5) is 4.49. The van der Waals surface area contributed by atoms with Gasteiger partial charge in [0, 0.05) is 38.4 Å². The third kappa shape index (κ3) is 4.74. The Bertz CT molecular complexity index is 692. The van der Waals surface area contributed by atoms with Crippen molar-refractivity contribution in [3.63, 3.8) is 0 Å². The third-order valence-corrected chi connectivity index (χ3v) is 4.86. The van der Waals surface area contributed by atoms with Gasteiger partial charge in [0.2, 0.25) is 0 Å². The second kappa shape index (κ2) is 8.52. The molecule has 0 radical (unpaired) electrons. The summed E-state index contributed by atoms with van der Waals surface area (Å²) < 4.78 is 18.9. The topological polar surface area (TPSA) is 35.9 Å². The molecular formula is C21H27FN2O2. The number of anilines is 1. The van der Waals surface area contributed by atoms with Crippen molar-refractivity contribution >= 4 is 5.69 Å². The van der Waals surface area contributed by atoms with Gasteiger partial charge in [-0.25, -0.2) is 4.39 Å². The van der Waals surface area contributed by atoms with Crippen LogP contribution in [-0.2, 0) is 0 Å². The second-order valence-electron chi connectivity index (χ2n) is 6.95. The molecule has 0 unspecified atom stereocenters. The van der Waals surface area contributed by atoms with E-state index in [0.717, 1.165) is 48.7 Å². The van der Waals surface area contributed by atoms with Crippen LogP contribution in [0.25, 0.3) is 0 Å². The number of β-amino-alcohol motifs (C(OH)–C–C–N with tert-alkyl or cyclic N) is 1. The lowest BCUT2D eigenvalue weighted by molar-refractivity contribution is 0.0658. The summed E-state index contributed by atoms with van der Waals surface area (Å²) in [7, 11) is 0. The molecule has 0 spiro atoms. The van der Waals surface area contributed by atoms with E-state index in [1.807, 2.05) is 44.2 Å². The Kier molecular flexibility index (Phi) is 6.12. The minimum atomic E-state index is -0.522. The lowest BCUT2D eigenvalue weighted by Gasteiger charge is -2.36. The fourth-order valence-corrected chi connectivity index (χ4v) is 3.40. The summed E-state index contributed by atoms with van der Waals surface area (Å²) in [6.07, 6.45) is -0.522. The molecule has 26 heavy (non-hydrogen) atoms. The Morgan fingerprint density at radius 2 is 1.62 bits per heavy atom. The van der Waals surface area contributed by atoms with Crippen LogP contribution < -0.4 is 9.64 Å². The van der Waals surface area contributed by atoms with Gasteiger partial charge in [0.1, 0.15) is 24.3 Å². The summed E-state index contributed by atoms with van der Waals surface area (Å²) in [6.45, 7) is 8.42. The molecule has 0 aromatic heterocycles. The van der Waals surface area contributed by atoms with Crippen LogP contribution in [0, 0.1) is 19.7 Å². The normalized spacial score (nSPS) is 16.5. The molecule has 1 heterocycles. The van der Waals surface area contributed by atoms with Gasteiger partial charge < -0.3 is 14.7 Å². The van der Waals surface area contributed by atoms with E-state index < -0.39 is 6.10 Å². The first-order valence-electron chi connectivity index (χ1n) is 9.13. The van der Waals surface area contributed by atoms with Gasteiger partial charge in [0.05, 0.1) is 0 Å². The highest BCUT2D eigenvalue weighted by atomic mass is 19.1. The van der Waals surface area contributed by atoms with Gasteiger partial charge in [-0.3, -0.25) is 4.90 Å². The largest absolute Gasteiger partial charge is 0.490 e. The molecule has 5 heteroatoms. The fourth-order valence-electron chi connectivity index (χ4n) is 3.40. The van der Waals surface area contributed by atoms with Gasteiger partial charge in [0.25, 0.3) is 0 Å². The first kappa shape index (κ1) is 18.7. The Hall–Kier alpha value is -2.11. The number of nitrogens with zero attached hydrogens (tertiary/aromatic N) is 2. The van der Waals surface area contributed by atoms with Crippen molar-refractivity contribution in [1.29, 1.82) is 0 Å². The smallest absolute Gasteiger partial charge is 0.125 e. The van der Waals surface area contributed by atoms with Crippen LogP contribution in [0.15, 0.2) is 42.5 Å². The van der Waals surface area contributed by atoms with Crippen LogP contribution in [0.5, 0.6) is 5.75 Å². The summed E-state index contributed by atoms with van der Waals surface area (Å²) in [5, 5.41) is 10.3. The van der Waals surface area contributed by atoms with Crippen molar-refractivity contribution in [2.75, 3.05) is 44.2 Å². The van der Waals surface area contributed by atoms with Crippen molar-refractivity contribution in [2.45, 2.75) is 20.0 Å². The number of halogens is 1. The van der Waals surface area contributed by atoms with Crippen LogP contribution >= 0.6 is 0 Å². The molecule has 4 nitrogen and oxygen atoms in total. The fraction of sp³-hybridized carbons (Fsp3) is 0.429. The zero-order valence-electron chi connectivity index (χ0n) is 15.5. The van der Waals surface area contributed by atoms with E-state index >= 15 is 0 Å². The number of ether oxygens (including phenoxy) is 1. The van der Waals surface area contributed by atoms with Crippen LogP contribution in [0.3, 0.4) is 0 Å². The molecule has 0 bridgehead atoms. The molecule has 1 aliphatic heterocycles. The summed E-state index contributed by atoms with van der Waals surface area (Å²) >= 11 is 0. The second-order valence-corrected chi connectivity index (χ2v) is 6.95. The van der Waals surface area contributed by atoms with Crippen LogP contribution in [0.2, 0.25) is 0 Å². The lowest BCUT2D eigenvalue weighted by atomic mass is 10.1. The van der Waals surface area contributed by atoms with Crippen molar-refractivity contribution in [3.05, 3.63) is 59.4 Å². The quantitative estimate of drug-likeness (QED) is 0.861. The first-order chi connectivity index (χ1) is 12.5. The molecule has 140 valence electrons. The molecule has 2 aromatic carbocycles. The van der Waals surface area contributed by atoms with Gasteiger partial charge >= 0.3 is 0 Å². The highest BCUT2D eigenvalue weighted by Crippen LogP contribution is 2.22. The number of hydrogen-bond donors (Lipinski definition) is 1. The SMILES string of the molecule is Cc1cccc(C)c1OC[C@@H](O)CN1CCN(c2ccc(F)cc2)CC1. The maximum atomic E-state index is 13.0. The Morgan fingerprint density at radius 3 is 2.23 bits per heavy atom. The molecule has 0 aliphatic carbocycles. The van der Waals surface area contributed by atoms with Crippen molar-refractivity contribution in [1.82, 2.24) is 4.90 Å². The van der Waals surface area contributed by atoms with Gasteiger partial charge in [-0.1, -0.05) is 18.2 Å². The van der Waals surface area contributed by atoms with E-state index in [1.165, 1.54) is 12.1 Å². The molecule has 1 saturated heterocycles. The number of aryl methyl sites for hydroxylation is 2. The number of rotatable bonds is 6. The van der Waals surface area contributed by atoms with E-state index in [4.69, 9.17) is 4.74 Å². The summed E-state index contributed by atoms with van der Waals surface area (Å²) in [5.41, 5.74) is 3.22. The Labute approximate surface area is 154 Å². The third-order valence-electron chi connectivity index (χ3n) is 4.86. The van der Waals surface area contributed by atoms with Crippen molar-refractivity contribution in [3.8, 4) is 5.75 Å². The van der Waals surface area contributed by atoms with E-state index in [1.54, 1.807) is 0 Å². The highest BCUT2D eigenvalue weighted by molar-refractivity contribution is 5.46. The molecule has 3 rings (SSSR count). The zero-order chi connectivity index (χ0) is 18.5. The average Bonchev–Trinajstić information content (AvgIpc) is 2.63. The van der Waals surface area contributed by atoms with E-state index in [0.29, 0.717) is 13.2 Å². The maximum absolute atomic E-state index is 13.0. The van der Waals surface area contributed by atoms with Crippen molar-refractivity contribution < 1.29 is 14.2 Å². The van der Waals surface area contributed by atoms with Crippen LogP contribution in [-0.4, -0.2) is 55.4 Å². The zero-order valence-corrected chi connectivity index (χ0v) is 15.5. The molecule has 1 aliphatic rings. The predicted molar refractivity (Wildman–Crippen MR) is 102 cm³/mol. The summed E-state index contributed by atoms with van der Waals surface area (Å²) in [5.74, 6) is 0.659. The van der Waals surface area contributed by atoms with E-state index in [9.17, 15) is 9.50 Å².